The Balaban J connectivity index is 2.33. The molecule has 0 aliphatic carbocycles. The van der Waals surface area contributed by atoms with Gasteiger partial charge in [0.05, 0.1) is 5.60 Å². The summed E-state index contributed by atoms with van der Waals surface area (Å²) in [5.41, 5.74) is 6.06. The number of unbranched alkanes of at least 4 members (excludes halogenated alkanes) is 1. The smallest absolute Gasteiger partial charge is 0.0805 e. The van der Waals surface area contributed by atoms with Gasteiger partial charge >= 0.3 is 0 Å². The van der Waals surface area contributed by atoms with E-state index < -0.39 is 0 Å². The fraction of sp³-hybridized carbons (Fsp3) is 1.00. The first-order valence-corrected chi connectivity index (χ1v) is 5.08. The molecule has 0 saturated carbocycles. The second kappa shape index (κ2) is 4.24. The van der Waals surface area contributed by atoms with E-state index in [4.69, 9.17) is 10.5 Å². The molecule has 0 aromatic carbocycles. The molecular formula is C10H21NO. The Morgan fingerprint density at radius 1 is 1.58 bits per heavy atom. The quantitative estimate of drug-likeness (QED) is 0.702. The number of hydrogen-bond donors (Lipinski definition) is 1. The van der Waals surface area contributed by atoms with Gasteiger partial charge in [0.2, 0.25) is 0 Å². The SMILES string of the molecule is CCCCC(N)C1(C)CCCO1. The molecule has 0 radical (unpaired) electrons. The number of nitrogens with two attached hydrogens (primary N) is 1. The van der Waals surface area contributed by atoms with E-state index in [9.17, 15) is 0 Å². The molecule has 0 spiro atoms. The van der Waals surface area contributed by atoms with Gasteiger partial charge in [0.15, 0.2) is 0 Å². The minimum Gasteiger partial charge on any atom is -0.374 e. The highest BCUT2D eigenvalue weighted by molar-refractivity contribution is 4.90. The van der Waals surface area contributed by atoms with Gasteiger partial charge in [-0.1, -0.05) is 19.8 Å². The Morgan fingerprint density at radius 2 is 2.33 bits per heavy atom. The predicted octanol–water partition coefficient (Wildman–Crippen LogP) is 2.07. The van der Waals surface area contributed by atoms with Crippen molar-refractivity contribution in [3.05, 3.63) is 0 Å². The lowest BCUT2D eigenvalue weighted by Gasteiger charge is -2.30. The highest BCUT2D eigenvalue weighted by atomic mass is 16.5. The van der Waals surface area contributed by atoms with Crippen LogP contribution in [0.5, 0.6) is 0 Å². The van der Waals surface area contributed by atoms with Crippen molar-refractivity contribution in [1.29, 1.82) is 0 Å². The van der Waals surface area contributed by atoms with Gasteiger partial charge in [-0.3, -0.25) is 0 Å². The van der Waals surface area contributed by atoms with Crippen LogP contribution in [0.3, 0.4) is 0 Å². The maximum Gasteiger partial charge on any atom is 0.0805 e. The molecule has 1 aliphatic rings. The molecule has 2 N–H and O–H groups in total. The van der Waals surface area contributed by atoms with Crippen LogP contribution in [0.1, 0.15) is 46.0 Å². The molecule has 2 unspecified atom stereocenters. The van der Waals surface area contributed by atoms with E-state index in [0.717, 1.165) is 19.4 Å². The fourth-order valence-electron chi connectivity index (χ4n) is 1.82. The van der Waals surface area contributed by atoms with Gasteiger partial charge in [0.1, 0.15) is 0 Å². The molecule has 2 heteroatoms. The van der Waals surface area contributed by atoms with Crippen LogP contribution in [0.25, 0.3) is 0 Å². The van der Waals surface area contributed by atoms with Crippen molar-refractivity contribution in [1.82, 2.24) is 0 Å². The predicted molar refractivity (Wildman–Crippen MR) is 51.1 cm³/mol. The summed E-state index contributed by atoms with van der Waals surface area (Å²) in [5, 5.41) is 0. The highest BCUT2D eigenvalue weighted by Crippen LogP contribution is 2.29. The van der Waals surface area contributed by atoms with Gasteiger partial charge in [-0.25, -0.2) is 0 Å². The maximum atomic E-state index is 6.07. The molecule has 0 aromatic heterocycles. The largest absolute Gasteiger partial charge is 0.374 e. The Hall–Kier alpha value is -0.0800. The van der Waals surface area contributed by atoms with E-state index in [-0.39, 0.29) is 11.6 Å². The lowest BCUT2D eigenvalue weighted by molar-refractivity contribution is -0.00353. The van der Waals surface area contributed by atoms with Crippen LogP contribution < -0.4 is 5.73 Å². The second-order valence-corrected chi connectivity index (χ2v) is 4.01. The van der Waals surface area contributed by atoms with Gasteiger partial charge in [0.25, 0.3) is 0 Å². The van der Waals surface area contributed by atoms with Crippen molar-refractivity contribution in [3.8, 4) is 0 Å². The molecule has 1 heterocycles. The highest BCUT2D eigenvalue weighted by Gasteiger charge is 2.35. The zero-order valence-electron chi connectivity index (χ0n) is 8.31. The first kappa shape index (κ1) is 10.0. The summed E-state index contributed by atoms with van der Waals surface area (Å²) in [5.74, 6) is 0. The van der Waals surface area contributed by atoms with Crippen molar-refractivity contribution in [2.45, 2.75) is 57.6 Å². The van der Waals surface area contributed by atoms with E-state index in [1.165, 1.54) is 19.3 Å². The monoisotopic (exact) mass is 171 g/mol. The number of ether oxygens (including phenoxy) is 1. The van der Waals surface area contributed by atoms with Crippen LogP contribution in [-0.2, 0) is 4.74 Å². The van der Waals surface area contributed by atoms with Crippen molar-refractivity contribution < 1.29 is 4.74 Å². The third kappa shape index (κ3) is 2.20. The van der Waals surface area contributed by atoms with E-state index >= 15 is 0 Å². The summed E-state index contributed by atoms with van der Waals surface area (Å²) in [6.07, 6.45) is 5.87. The first-order valence-electron chi connectivity index (χ1n) is 5.08. The van der Waals surface area contributed by atoms with Crippen LogP contribution in [0, 0.1) is 0 Å². The molecule has 1 rings (SSSR count). The molecule has 1 saturated heterocycles. The third-order valence-corrected chi connectivity index (χ3v) is 2.90. The van der Waals surface area contributed by atoms with Gasteiger partial charge in [-0.15, -0.1) is 0 Å². The third-order valence-electron chi connectivity index (χ3n) is 2.90. The lowest BCUT2D eigenvalue weighted by Crippen LogP contribution is -2.44. The molecule has 1 fully saturated rings. The van der Waals surface area contributed by atoms with Gasteiger partial charge in [0, 0.05) is 12.6 Å². The molecule has 72 valence electrons. The fourth-order valence-corrected chi connectivity index (χ4v) is 1.82. The van der Waals surface area contributed by atoms with E-state index in [0.29, 0.717) is 0 Å². The van der Waals surface area contributed by atoms with E-state index in [2.05, 4.69) is 13.8 Å². The van der Waals surface area contributed by atoms with E-state index in [1.54, 1.807) is 0 Å². The Bertz CT molecular complexity index is 130. The van der Waals surface area contributed by atoms with Crippen molar-refractivity contribution in [2.24, 2.45) is 5.73 Å². The summed E-state index contributed by atoms with van der Waals surface area (Å²) in [7, 11) is 0. The molecule has 0 amide bonds. The Kier molecular flexibility index (Phi) is 3.53. The summed E-state index contributed by atoms with van der Waals surface area (Å²) in [4.78, 5) is 0. The van der Waals surface area contributed by atoms with Gasteiger partial charge in [-0.05, 0) is 26.2 Å². The summed E-state index contributed by atoms with van der Waals surface area (Å²) in [6.45, 7) is 5.25. The standard InChI is InChI=1S/C10H21NO/c1-3-4-6-9(11)10(2)7-5-8-12-10/h9H,3-8,11H2,1-2H3. The summed E-state index contributed by atoms with van der Waals surface area (Å²) >= 11 is 0. The van der Waals surface area contributed by atoms with Crippen LogP contribution in [0.4, 0.5) is 0 Å². The van der Waals surface area contributed by atoms with Crippen molar-refractivity contribution in [3.63, 3.8) is 0 Å². The minimum absolute atomic E-state index is 0.0187. The average molecular weight is 171 g/mol. The number of hydrogen-bond acceptors (Lipinski definition) is 2. The second-order valence-electron chi connectivity index (χ2n) is 4.01. The summed E-state index contributed by atoms with van der Waals surface area (Å²) in [6, 6.07) is 0.236. The summed E-state index contributed by atoms with van der Waals surface area (Å²) < 4.78 is 5.67. The van der Waals surface area contributed by atoms with E-state index in [1.807, 2.05) is 0 Å². The topological polar surface area (TPSA) is 35.2 Å². The van der Waals surface area contributed by atoms with Crippen molar-refractivity contribution >= 4 is 0 Å². The van der Waals surface area contributed by atoms with Gasteiger partial charge in [-0.2, -0.15) is 0 Å². The lowest BCUT2D eigenvalue weighted by atomic mass is 9.90. The maximum absolute atomic E-state index is 6.07. The van der Waals surface area contributed by atoms with Crippen LogP contribution >= 0.6 is 0 Å². The van der Waals surface area contributed by atoms with Gasteiger partial charge < -0.3 is 10.5 Å². The first-order chi connectivity index (χ1) is 5.69. The Labute approximate surface area is 75.5 Å². The molecular weight excluding hydrogens is 150 g/mol. The molecule has 0 aromatic rings. The average Bonchev–Trinajstić information content (AvgIpc) is 2.49. The number of rotatable bonds is 4. The normalized spacial score (nSPS) is 32.2. The molecule has 2 atom stereocenters. The zero-order chi connectivity index (χ0) is 9.03. The van der Waals surface area contributed by atoms with Crippen molar-refractivity contribution in [2.75, 3.05) is 6.61 Å². The zero-order valence-corrected chi connectivity index (χ0v) is 8.31. The molecule has 0 bridgehead atoms. The minimum atomic E-state index is -0.0187. The molecule has 12 heavy (non-hydrogen) atoms. The molecule has 2 nitrogen and oxygen atoms in total. The van der Waals surface area contributed by atoms with Crippen LogP contribution in [-0.4, -0.2) is 18.2 Å². The Morgan fingerprint density at radius 3 is 2.83 bits per heavy atom. The molecule has 1 aliphatic heterocycles. The van der Waals surface area contributed by atoms with Crippen LogP contribution in [0.2, 0.25) is 0 Å². The van der Waals surface area contributed by atoms with Crippen LogP contribution in [0.15, 0.2) is 0 Å².